The van der Waals surface area contributed by atoms with Crippen molar-refractivity contribution in [3.8, 4) is 0 Å². The highest BCUT2D eigenvalue weighted by atomic mass is 32.2. The summed E-state index contributed by atoms with van der Waals surface area (Å²) in [6.07, 6.45) is 1.30. The molecule has 1 aliphatic rings. The van der Waals surface area contributed by atoms with Crippen molar-refractivity contribution < 1.29 is 13.2 Å². The van der Waals surface area contributed by atoms with Gasteiger partial charge in [0, 0.05) is 31.7 Å². The fourth-order valence-electron chi connectivity index (χ4n) is 2.64. The molecule has 1 aliphatic heterocycles. The fraction of sp³-hybridized carbons (Fsp3) is 0.562. The van der Waals surface area contributed by atoms with Crippen molar-refractivity contribution in [3.05, 3.63) is 35.4 Å². The van der Waals surface area contributed by atoms with E-state index >= 15 is 0 Å². The zero-order valence-electron chi connectivity index (χ0n) is 13.3. The van der Waals surface area contributed by atoms with Gasteiger partial charge in [-0.1, -0.05) is 24.6 Å². The molecule has 1 aromatic rings. The highest BCUT2D eigenvalue weighted by Gasteiger charge is 2.26. The van der Waals surface area contributed by atoms with Crippen molar-refractivity contribution in [2.75, 3.05) is 31.9 Å². The van der Waals surface area contributed by atoms with E-state index in [1.54, 1.807) is 4.90 Å². The summed E-state index contributed by atoms with van der Waals surface area (Å²) in [6, 6.07) is 7.49. The van der Waals surface area contributed by atoms with Crippen LogP contribution in [0, 0.1) is 6.92 Å². The van der Waals surface area contributed by atoms with Gasteiger partial charge in [-0.15, -0.1) is 0 Å². The van der Waals surface area contributed by atoms with Gasteiger partial charge in [0.25, 0.3) is 5.91 Å². The number of amides is 1. The number of carbonyl (C=O) groups is 1. The normalized spacial score (nSPS) is 17.3. The zero-order chi connectivity index (χ0) is 16.2. The standard InChI is InChI=1S/C16H24N2O3S/c1-3-13-22(20,21)18-10-4-9-17(11-12-18)16(19)15-7-5-14(2)6-8-15/h5-8H,3-4,9-13H2,1-2H3. The minimum absolute atomic E-state index is 0.0188. The Kier molecular flexibility index (Phi) is 5.58. The van der Waals surface area contributed by atoms with Gasteiger partial charge >= 0.3 is 0 Å². The topological polar surface area (TPSA) is 57.7 Å². The van der Waals surface area contributed by atoms with Gasteiger partial charge in [-0.3, -0.25) is 4.79 Å². The fourth-order valence-corrected chi connectivity index (χ4v) is 4.18. The molecule has 1 aromatic carbocycles. The van der Waals surface area contributed by atoms with Crippen LogP contribution in [0.2, 0.25) is 0 Å². The quantitative estimate of drug-likeness (QED) is 0.850. The lowest BCUT2D eigenvalue weighted by Crippen LogP contribution is -2.38. The van der Waals surface area contributed by atoms with E-state index in [2.05, 4.69) is 0 Å². The minimum atomic E-state index is -3.18. The maximum atomic E-state index is 12.5. The first-order valence-corrected chi connectivity index (χ1v) is 9.38. The second-order valence-corrected chi connectivity index (χ2v) is 7.82. The van der Waals surface area contributed by atoms with Crippen LogP contribution >= 0.6 is 0 Å². The van der Waals surface area contributed by atoms with Crippen molar-refractivity contribution in [2.45, 2.75) is 26.7 Å². The van der Waals surface area contributed by atoms with Crippen LogP contribution in [0.4, 0.5) is 0 Å². The van der Waals surface area contributed by atoms with E-state index in [1.807, 2.05) is 38.1 Å². The lowest BCUT2D eigenvalue weighted by Gasteiger charge is -2.22. The summed E-state index contributed by atoms with van der Waals surface area (Å²) in [6.45, 7) is 5.79. The van der Waals surface area contributed by atoms with Gasteiger partial charge in [-0.25, -0.2) is 12.7 Å². The number of rotatable bonds is 4. The number of hydrogen-bond donors (Lipinski definition) is 0. The zero-order valence-corrected chi connectivity index (χ0v) is 14.1. The minimum Gasteiger partial charge on any atom is -0.337 e. The van der Waals surface area contributed by atoms with Crippen LogP contribution in [0.3, 0.4) is 0 Å². The largest absolute Gasteiger partial charge is 0.337 e. The number of carbonyl (C=O) groups excluding carboxylic acids is 1. The molecule has 6 heteroatoms. The highest BCUT2D eigenvalue weighted by Crippen LogP contribution is 2.13. The Labute approximate surface area is 133 Å². The summed E-state index contributed by atoms with van der Waals surface area (Å²) in [5, 5.41) is 0. The molecule has 0 unspecified atom stereocenters. The molecule has 0 atom stereocenters. The van der Waals surface area contributed by atoms with E-state index in [4.69, 9.17) is 0 Å². The van der Waals surface area contributed by atoms with Gasteiger partial charge in [-0.05, 0) is 31.9 Å². The molecule has 0 saturated carbocycles. The van der Waals surface area contributed by atoms with E-state index in [-0.39, 0.29) is 11.7 Å². The van der Waals surface area contributed by atoms with Crippen molar-refractivity contribution in [2.24, 2.45) is 0 Å². The monoisotopic (exact) mass is 324 g/mol. The highest BCUT2D eigenvalue weighted by molar-refractivity contribution is 7.89. The van der Waals surface area contributed by atoms with Crippen molar-refractivity contribution in [1.29, 1.82) is 0 Å². The van der Waals surface area contributed by atoms with Crippen molar-refractivity contribution in [3.63, 3.8) is 0 Å². The lowest BCUT2D eigenvalue weighted by atomic mass is 10.1. The van der Waals surface area contributed by atoms with Gasteiger partial charge in [0.1, 0.15) is 0 Å². The molecule has 0 radical (unpaired) electrons. The van der Waals surface area contributed by atoms with Gasteiger partial charge in [-0.2, -0.15) is 0 Å². The molecule has 22 heavy (non-hydrogen) atoms. The molecule has 0 N–H and O–H groups in total. The summed E-state index contributed by atoms with van der Waals surface area (Å²) in [5.41, 5.74) is 1.78. The van der Waals surface area contributed by atoms with E-state index in [0.29, 0.717) is 44.6 Å². The summed E-state index contributed by atoms with van der Waals surface area (Å²) < 4.78 is 25.8. The number of sulfonamides is 1. The Hall–Kier alpha value is -1.40. The third kappa shape index (κ3) is 4.08. The van der Waals surface area contributed by atoms with Crippen LogP contribution in [0.15, 0.2) is 24.3 Å². The van der Waals surface area contributed by atoms with Crippen LogP contribution in [0.1, 0.15) is 35.7 Å². The average Bonchev–Trinajstić information content (AvgIpc) is 2.73. The average molecular weight is 324 g/mol. The molecule has 1 fully saturated rings. The molecule has 2 rings (SSSR count). The van der Waals surface area contributed by atoms with Gasteiger partial charge in [0.05, 0.1) is 5.75 Å². The summed E-state index contributed by atoms with van der Waals surface area (Å²) >= 11 is 0. The molecule has 0 bridgehead atoms. The van der Waals surface area contributed by atoms with Gasteiger partial charge in [0.15, 0.2) is 0 Å². The number of benzene rings is 1. The van der Waals surface area contributed by atoms with Crippen molar-refractivity contribution >= 4 is 15.9 Å². The third-order valence-corrected chi connectivity index (χ3v) is 5.97. The Morgan fingerprint density at radius 3 is 2.41 bits per heavy atom. The first kappa shape index (κ1) is 17.0. The molecule has 1 amide bonds. The maximum absolute atomic E-state index is 12.5. The maximum Gasteiger partial charge on any atom is 0.253 e. The summed E-state index contributed by atoms with van der Waals surface area (Å²) in [5.74, 6) is 0.161. The molecule has 0 aromatic heterocycles. The Bertz CT molecular complexity index is 611. The van der Waals surface area contributed by atoms with Crippen LogP contribution < -0.4 is 0 Å². The number of nitrogens with zero attached hydrogens (tertiary/aromatic N) is 2. The molecule has 0 spiro atoms. The van der Waals surface area contributed by atoms with Gasteiger partial charge < -0.3 is 4.90 Å². The third-order valence-electron chi connectivity index (χ3n) is 3.90. The number of hydrogen-bond acceptors (Lipinski definition) is 3. The molecular formula is C16H24N2O3S. The predicted octanol–water partition coefficient (Wildman–Crippen LogP) is 1.88. The van der Waals surface area contributed by atoms with Crippen LogP contribution in [0.25, 0.3) is 0 Å². The first-order valence-electron chi connectivity index (χ1n) is 7.78. The molecule has 1 saturated heterocycles. The molecular weight excluding hydrogens is 300 g/mol. The van der Waals surface area contributed by atoms with Crippen LogP contribution in [-0.2, 0) is 10.0 Å². The molecule has 122 valence electrons. The van der Waals surface area contributed by atoms with E-state index in [9.17, 15) is 13.2 Å². The smallest absolute Gasteiger partial charge is 0.253 e. The van der Waals surface area contributed by atoms with E-state index in [0.717, 1.165) is 5.56 Å². The molecule has 1 heterocycles. The second kappa shape index (κ2) is 7.24. The van der Waals surface area contributed by atoms with E-state index < -0.39 is 10.0 Å². The second-order valence-electron chi connectivity index (χ2n) is 5.73. The number of aryl methyl sites for hydroxylation is 1. The Morgan fingerprint density at radius 1 is 1.09 bits per heavy atom. The Morgan fingerprint density at radius 2 is 1.77 bits per heavy atom. The summed E-state index contributed by atoms with van der Waals surface area (Å²) in [4.78, 5) is 14.3. The van der Waals surface area contributed by atoms with Crippen LogP contribution in [0.5, 0.6) is 0 Å². The lowest BCUT2D eigenvalue weighted by molar-refractivity contribution is 0.0764. The van der Waals surface area contributed by atoms with E-state index in [1.165, 1.54) is 4.31 Å². The van der Waals surface area contributed by atoms with Crippen molar-refractivity contribution in [1.82, 2.24) is 9.21 Å². The SMILES string of the molecule is CCCS(=O)(=O)N1CCCN(C(=O)c2ccc(C)cc2)CC1. The predicted molar refractivity (Wildman–Crippen MR) is 87.4 cm³/mol. The first-order chi connectivity index (χ1) is 10.4. The molecule has 0 aliphatic carbocycles. The molecule has 5 nitrogen and oxygen atoms in total. The van der Waals surface area contributed by atoms with Gasteiger partial charge in [0.2, 0.25) is 10.0 Å². The Balaban J connectivity index is 2.04. The summed E-state index contributed by atoms with van der Waals surface area (Å²) in [7, 11) is -3.18. The van der Waals surface area contributed by atoms with Crippen LogP contribution in [-0.4, -0.2) is 55.5 Å².